The molecule has 2 aromatic rings. The van der Waals surface area contributed by atoms with Crippen LogP contribution in [-0.4, -0.2) is 25.2 Å². The Morgan fingerprint density at radius 1 is 1.42 bits per heavy atom. The van der Waals surface area contributed by atoms with Crippen molar-refractivity contribution < 1.29 is 9.15 Å². The highest BCUT2D eigenvalue weighted by Gasteiger charge is 2.22. The van der Waals surface area contributed by atoms with Gasteiger partial charge in [0.25, 0.3) is 0 Å². The summed E-state index contributed by atoms with van der Waals surface area (Å²) in [5.41, 5.74) is 3.74. The van der Waals surface area contributed by atoms with Gasteiger partial charge in [-0.25, -0.2) is 4.98 Å². The van der Waals surface area contributed by atoms with Crippen LogP contribution in [0, 0.1) is 0 Å². The van der Waals surface area contributed by atoms with Crippen molar-refractivity contribution in [2.75, 3.05) is 20.2 Å². The molecule has 19 heavy (non-hydrogen) atoms. The second-order valence-electron chi connectivity index (χ2n) is 4.76. The van der Waals surface area contributed by atoms with E-state index in [-0.39, 0.29) is 6.10 Å². The van der Waals surface area contributed by atoms with Crippen LogP contribution in [0.15, 0.2) is 35.2 Å². The van der Waals surface area contributed by atoms with E-state index in [1.54, 1.807) is 6.20 Å². The summed E-state index contributed by atoms with van der Waals surface area (Å²) in [7, 11) is 1.95. The molecular formula is C15H18N2O2. The summed E-state index contributed by atoms with van der Waals surface area (Å²) in [6.45, 7) is 1.63. The van der Waals surface area contributed by atoms with E-state index in [9.17, 15) is 0 Å². The fourth-order valence-corrected chi connectivity index (χ4v) is 2.68. The third-order valence-corrected chi connectivity index (χ3v) is 3.54. The van der Waals surface area contributed by atoms with Crippen molar-refractivity contribution in [1.29, 1.82) is 0 Å². The maximum atomic E-state index is 5.93. The molecule has 4 heteroatoms. The lowest BCUT2D eigenvalue weighted by molar-refractivity contribution is 0.0579. The molecule has 2 heterocycles. The maximum Gasteiger partial charge on any atom is 0.181 e. The molecule has 1 N–H and O–H groups in total. The second kappa shape index (κ2) is 5.55. The highest BCUT2D eigenvalue weighted by atomic mass is 16.5. The molecule has 0 amide bonds. The van der Waals surface area contributed by atoms with Gasteiger partial charge < -0.3 is 14.5 Å². The molecule has 0 bridgehead atoms. The van der Waals surface area contributed by atoms with Crippen LogP contribution >= 0.6 is 0 Å². The molecule has 3 rings (SSSR count). The van der Waals surface area contributed by atoms with Gasteiger partial charge in [0.2, 0.25) is 0 Å². The predicted molar refractivity (Wildman–Crippen MR) is 72.9 cm³/mol. The lowest BCUT2D eigenvalue weighted by atomic mass is 9.93. The largest absolute Gasteiger partial charge is 0.444 e. The fourth-order valence-electron chi connectivity index (χ4n) is 2.68. The molecule has 1 aromatic carbocycles. The molecule has 0 spiro atoms. The molecule has 100 valence electrons. The molecule has 0 saturated heterocycles. The molecule has 1 atom stereocenters. The minimum atomic E-state index is 0.116. The highest BCUT2D eigenvalue weighted by molar-refractivity contribution is 5.63. The van der Waals surface area contributed by atoms with Gasteiger partial charge in [-0.2, -0.15) is 0 Å². The van der Waals surface area contributed by atoms with E-state index in [2.05, 4.69) is 28.5 Å². The Morgan fingerprint density at radius 3 is 3.16 bits per heavy atom. The molecule has 0 saturated carbocycles. The van der Waals surface area contributed by atoms with Crippen molar-refractivity contribution in [2.24, 2.45) is 0 Å². The van der Waals surface area contributed by atoms with Crippen LogP contribution in [0.2, 0.25) is 0 Å². The van der Waals surface area contributed by atoms with Crippen molar-refractivity contribution in [2.45, 2.75) is 18.9 Å². The topological polar surface area (TPSA) is 47.3 Å². The average molecular weight is 258 g/mol. The Morgan fingerprint density at radius 2 is 2.37 bits per heavy atom. The lowest BCUT2D eigenvalue weighted by Gasteiger charge is -2.18. The Hall–Kier alpha value is -1.65. The second-order valence-corrected chi connectivity index (χ2v) is 4.76. The zero-order valence-electron chi connectivity index (χ0n) is 11.1. The number of oxazole rings is 1. The van der Waals surface area contributed by atoms with Crippen molar-refractivity contribution in [1.82, 2.24) is 10.3 Å². The number of aromatic nitrogens is 1. The quantitative estimate of drug-likeness (QED) is 0.919. The number of hydrogen-bond acceptors (Lipinski definition) is 4. The number of fused-ring (bicyclic) bond motifs is 1. The van der Waals surface area contributed by atoms with E-state index < -0.39 is 0 Å². The molecule has 0 unspecified atom stereocenters. The number of likely N-dealkylation sites (N-methyl/N-ethyl adjacent to an activating group) is 1. The Kier molecular flexibility index (Phi) is 3.62. The first-order chi connectivity index (χ1) is 9.40. The number of ether oxygens (including phenoxy) is 1. The number of benzene rings is 1. The van der Waals surface area contributed by atoms with Crippen molar-refractivity contribution >= 4 is 0 Å². The SMILES string of the molecule is CNC[C@@H]1OCCCc2c(-c3cnco3)cccc21. The predicted octanol–water partition coefficient (Wildman–Crippen LogP) is 2.56. The molecule has 4 nitrogen and oxygen atoms in total. The third-order valence-electron chi connectivity index (χ3n) is 3.54. The van der Waals surface area contributed by atoms with Gasteiger partial charge in [0, 0.05) is 18.7 Å². The summed E-state index contributed by atoms with van der Waals surface area (Å²) in [6.07, 6.45) is 5.43. The van der Waals surface area contributed by atoms with E-state index in [1.807, 2.05) is 7.05 Å². The summed E-state index contributed by atoms with van der Waals surface area (Å²) < 4.78 is 11.4. The van der Waals surface area contributed by atoms with Gasteiger partial charge in [0.15, 0.2) is 12.2 Å². The van der Waals surface area contributed by atoms with Crippen LogP contribution < -0.4 is 5.32 Å². The summed E-state index contributed by atoms with van der Waals surface area (Å²) in [4.78, 5) is 4.02. The number of rotatable bonds is 3. The molecule has 0 aliphatic carbocycles. The van der Waals surface area contributed by atoms with Crippen LogP contribution in [0.25, 0.3) is 11.3 Å². The normalized spacial score (nSPS) is 18.9. The van der Waals surface area contributed by atoms with Gasteiger partial charge in [-0.05, 0) is 31.0 Å². The molecule has 1 aliphatic rings. The number of hydrogen-bond donors (Lipinski definition) is 1. The van der Waals surface area contributed by atoms with Crippen molar-refractivity contribution in [3.63, 3.8) is 0 Å². The minimum Gasteiger partial charge on any atom is -0.444 e. The smallest absolute Gasteiger partial charge is 0.181 e. The summed E-state index contributed by atoms with van der Waals surface area (Å²) >= 11 is 0. The van der Waals surface area contributed by atoms with Crippen molar-refractivity contribution in [3.8, 4) is 11.3 Å². The Bertz CT molecular complexity index is 537. The summed E-state index contributed by atoms with van der Waals surface area (Å²) in [6, 6.07) is 6.32. The summed E-state index contributed by atoms with van der Waals surface area (Å²) in [5.74, 6) is 0.835. The van der Waals surface area contributed by atoms with Crippen LogP contribution in [0.5, 0.6) is 0 Å². The molecule has 0 radical (unpaired) electrons. The molecule has 1 aromatic heterocycles. The van der Waals surface area contributed by atoms with Crippen LogP contribution in [-0.2, 0) is 11.2 Å². The lowest BCUT2D eigenvalue weighted by Crippen LogP contribution is -2.19. The van der Waals surface area contributed by atoms with Crippen molar-refractivity contribution in [3.05, 3.63) is 41.9 Å². The van der Waals surface area contributed by atoms with Gasteiger partial charge >= 0.3 is 0 Å². The zero-order chi connectivity index (χ0) is 13.1. The fraction of sp³-hybridized carbons (Fsp3) is 0.400. The zero-order valence-corrected chi connectivity index (χ0v) is 11.1. The van der Waals surface area contributed by atoms with Gasteiger partial charge in [0.1, 0.15) is 0 Å². The molecular weight excluding hydrogens is 240 g/mol. The summed E-state index contributed by atoms with van der Waals surface area (Å²) in [5, 5.41) is 3.20. The first-order valence-electron chi connectivity index (χ1n) is 6.67. The van der Waals surface area contributed by atoms with Crippen LogP contribution in [0.3, 0.4) is 0 Å². The Labute approximate surface area is 112 Å². The van der Waals surface area contributed by atoms with Crippen LogP contribution in [0.1, 0.15) is 23.7 Å². The maximum absolute atomic E-state index is 5.93. The Balaban J connectivity index is 2.07. The number of nitrogens with zero attached hydrogens (tertiary/aromatic N) is 1. The average Bonchev–Trinajstić information content (AvgIpc) is 2.89. The van der Waals surface area contributed by atoms with E-state index in [1.165, 1.54) is 17.5 Å². The first-order valence-corrected chi connectivity index (χ1v) is 6.67. The van der Waals surface area contributed by atoms with E-state index in [0.717, 1.165) is 37.3 Å². The highest BCUT2D eigenvalue weighted by Crippen LogP contribution is 2.33. The van der Waals surface area contributed by atoms with Crippen LogP contribution in [0.4, 0.5) is 0 Å². The van der Waals surface area contributed by atoms with E-state index in [4.69, 9.17) is 9.15 Å². The van der Waals surface area contributed by atoms with E-state index >= 15 is 0 Å². The van der Waals surface area contributed by atoms with Gasteiger partial charge in [-0.3, -0.25) is 0 Å². The standard InChI is InChI=1S/C15H18N2O2/c1-16-8-14-12-4-2-5-13(15-9-17-10-19-15)11(12)6-3-7-18-14/h2,4-5,9-10,14,16H,3,6-8H2,1H3/t14-/m0/s1. The van der Waals surface area contributed by atoms with Gasteiger partial charge in [0.05, 0.1) is 12.3 Å². The van der Waals surface area contributed by atoms with E-state index in [0.29, 0.717) is 0 Å². The monoisotopic (exact) mass is 258 g/mol. The first kappa shape index (κ1) is 12.4. The van der Waals surface area contributed by atoms with Gasteiger partial charge in [-0.15, -0.1) is 0 Å². The number of nitrogens with one attached hydrogen (secondary N) is 1. The minimum absolute atomic E-state index is 0.116. The third kappa shape index (κ3) is 2.41. The molecule has 0 fully saturated rings. The van der Waals surface area contributed by atoms with Gasteiger partial charge in [-0.1, -0.05) is 18.2 Å². The molecule has 1 aliphatic heterocycles.